The van der Waals surface area contributed by atoms with Crippen molar-refractivity contribution in [1.82, 2.24) is 14.5 Å². The molecule has 1 aromatic carbocycles. The lowest BCUT2D eigenvalue weighted by molar-refractivity contribution is -0.111. The smallest absolute Gasteiger partial charge is 0.360 e. The molecule has 0 spiro atoms. The number of para-hydroxylation sites is 2. The van der Waals surface area contributed by atoms with Gasteiger partial charge in [0, 0.05) is 18.1 Å². The number of carboxylic acid groups (broad SMARTS) is 1. The van der Waals surface area contributed by atoms with Gasteiger partial charge in [0.05, 0.1) is 11.0 Å². The first kappa shape index (κ1) is 22.3. The van der Waals surface area contributed by atoms with E-state index < -0.39 is 11.5 Å². The van der Waals surface area contributed by atoms with Gasteiger partial charge in [0.1, 0.15) is 0 Å². The van der Waals surface area contributed by atoms with Crippen LogP contribution in [0, 0.1) is 23.2 Å². The normalized spacial score (nSPS) is 34.5. The standard InChI is InChI=1S/C28H37N3O3/c1-28(2)18-11-10-17(22(28)14-18)12-13-30-19-6-5-7-20(30)16-21(15-19)31-24-9-4-3-8-23(24)29-25(26(31)32)27(33)34/h3-4,8-9,17-22H,5-7,10-16H2,1-2H3,(H,33,34). The third-order valence-electron chi connectivity index (χ3n) is 10.2. The first-order valence-electron chi connectivity index (χ1n) is 13.3. The van der Waals surface area contributed by atoms with Gasteiger partial charge in [0.25, 0.3) is 5.56 Å². The topological polar surface area (TPSA) is 75.4 Å². The number of rotatable bonds is 5. The average molecular weight is 464 g/mol. The van der Waals surface area contributed by atoms with Gasteiger partial charge in [0.15, 0.2) is 0 Å². The van der Waals surface area contributed by atoms with Gasteiger partial charge in [-0.25, -0.2) is 9.78 Å². The molecule has 6 nitrogen and oxygen atoms in total. The van der Waals surface area contributed by atoms with E-state index in [1.54, 1.807) is 4.57 Å². The van der Waals surface area contributed by atoms with Crippen LogP contribution in [0.25, 0.3) is 11.0 Å². The van der Waals surface area contributed by atoms with E-state index in [0.717, 1.165) is 36.1 Å². The Balaban J connectivity index is 1.24. The summed E-state index contributed by atoms with van der Waals surface area (Å²) in [5.74, 6) is 1.48. The maximum absolute atomic E-state index is 13.3. The van der Waals surface area contributed by atoms with Crippen LogP contribution in [0.3, 0.4) is 0 Å². The molecule has 2 saturated heterocycles. The average Bonchev–Trinajstić information content (AvgIpc) is 2.81. The maximum atomic E-state index is 13.3. The van der Waals surface area contributed by atoms with Crippen LogP contribution in [0.2, 0.25) is 0 Å². The van der Waals surface area contributed by atoms with E-state index in [2.05, 4.69) is 23.7 Å². The third-order valence-corrected chi connectivity index (χ3v) is 10.2. The van der Waals surface area contributed by atoms with E-state index in [0.29, 0.717) is 23.0 Å². The predicted octanol–water partition coefficient (Wildman–Crippen LogP) is 5.12. The Morgan fingerprint density at radius 2 is 1.79 bits per heavy atom. The van der Waals surface area contributed by atoms with Gasteiger partial charge in [0.2, 0.25) is 5.69 Å². The molecule has 34 heavy (non-hydrogen) atoms. The SMILES string of the molecule is CC1(C)C2CCC(CCN3C4CCCC3CC(n3c(=O)c(C(=O)O)nc5ccccc53)C4)C1C2. The Bertz CT molecular complexity index is 1160. The van der Waals surface area contributed by atoms with Crippen molar-refractivity contribution in [1.29, 1.82) is 0 Å². The van der Waals surface area contributed by atoms with E-state index >= 15 is 0 Å². The van der Waals surface area contributed by atoms with E-state index in [1.165, 1.54) is 51.5 Å². The number of benzene rings is 1. The highest BCUT2D eigenvalue weighted by atomic mass is 16.4. The minimum Gasteiger partial charge on any atom is -0.476 e. The summed E-state index contributed by atoms with van der Waals surface area (Å²) in [5.41, 5.74) is 1.08. The molecular weight excluding hydrogens is 426 g/mol. The van der Waals surface area contributed by atoms with Crippen LogP contribution in [-0.4, -0.2) is 44.2 Å². The number of fused-ring (bicyclic) bond motifs is 5. The summed E-state index contributed by atoms with van der Waals surface area (Å²) < 4.78 is 1.77. The highest BCUT2D eigenvalue weighted by Gasteiger charge is 2.54. The Labute approximate surface area is 201 Å². The number of hydrogen-bond acceptors (Lipinski definition) is 4. The van der Waals surface area contributed by atoms with E-state index in [1.807, 2.05) is 24.3 Å². The number of hydrogen-bond donors (Lipinski definition) is 1. The number of aromatic carboxylic acids is 1. The highest BCUT2D eigenvalue weighted by molar-refractivity contribution is 5.88. The molecule has 2 aliphatic heterocycles. The van der Waals surface area contributed by atoms with Crippen molar-refractivity contribution in [3.8, 4) is 0 Å². The number of carboxylic acids is 1. The van der Waals surface area contributed by atoms with Crippen LogP contribution >= 0.6 is 0 Å². The van der Waals surface area contributed by atoms with Crippen molar-refractivity contribution >= 4 is 17.0 Å². The second-order valence-corrected chi connectivity index (χ2v) is 12.0. The molecule has 5 fully saturated rings. The fourth-order valence-corrected chi connectivity index (χ4v) is 8.30. The lowest BCUT2D eigenvalue weighted by atomic mass is 9.45. The quantitative estimate of drug-likeness (QED) is 0.666. The monoisotopic (exact) mass is 463 g/mol. The number of carbonyl (C=O) groups is 1. The Morgan fingerprint density at radius 1 is 1.06 bits per heavy atom. The van der Waals surface area contributed by atoms with Gasteiger partial charge in [-0.15, -0.1) is 0 Å². The van der Waals surface area contributed by atoms with Crippen molar-refractivity contribution in [3.05, 3.63) is 40.3 Å². The molecule has 5 atom stereocenters. The fraction of sp³-hybridized carbons (Fsp3) is 0.679. The van der Waals surface area contributed by atoms with E-state index in [9.17, 15) is 14.7 Å². The highest BCUT2D eigenvalue weighted by Crippen LogP contribution is 2.62. The molecule has 3 aliphatic carbocycles. The minimum absolute atomic E-state index is 0.0334. The fourth-order valence-electron chi connectivity index (χ4n) is 8.30. The molecule has 1 N–H and O–H groups in total. The lowest BCUT2D eigenvalue weighted by Gasteiger charge is -2.60. The summed E-state index contributed by atoms with van der Waals surface area (Å²) in [6.07, 6.45) is 11.0. The third kappa shape index (κ3) is 3.43. The second-order valence-electron chi connectivity index (χ2n) is 12.0. The van der Waals surface area contributed by atoms with Crippen LogP contribution in [-0.2, 0) is 0 Å². The zero-order valence-electron chi connectivity index (χ0n) is 20.4. The molecule has 5 aliphatic rings. The summed E-state index contributed by atoms with van der Waals surface area (Å²) in [5, 5.41) is 9.62. The van der Waals surface area contributed by atoms with Crippen LogP contribution < -0.4 is 5.56 Å². The lowest BCUT2D eigenvalue weighted by Crippen LogP contribution is -2.55. The van der Waals surface area contributed by atoms with Gasteiger partial charge in [-0.05, 0) is 93.2 Å². The second kappa shape index (κ2) is 8.18. The van der Waals surface area contributed by atoms with Gasteiger partial charge < -0.3 is 9.67 Å². The van der Waals surface area contributed by atoms with Crippen LogP contribution in [0.1, 0.15) is 88.2 Å². The molecule has 0 amide bonds. The van der Waals surface area contributed by atoms with Crippen molar-refractivity contribution in [3.63, 3.8) is 0 Å². The van der Waals surface area contributed by atoms with Crippen molar-refractivity contribution in [2.75, 3.05) is 6.54 Å². The minimum atomic E-state index is -1.24. The molecule has 3 saturated carbocycles. The summed E-state index contributed by atoms with van der Waals surface area (Å²) >= 11 is 0. The van der Waals surface area contributed by atoms with Crippen molar-refractivity contribution in [2.45, 2.75) is 89.8 Å². The zero-order valence-corrected chi connectivity index (χ0v) is 20.4. The first-order valence-corrected chi connectivity index (χ1v) is 13.3. The Morgan fingerprint density at radius 3 is 2.47 bits per heavy atom. The molecule has 2 aromatic rings. The molecule has 1 aromatic heterocycles. The molecular formula is C28H37N3O3. The van der Waals surface area contributed by atoms with Crippen LogP contribution in [0.15, 0.2) is 29.1 Å². The van der Waals surface area contributed by atoms with E-state index in [4.69, 9.17) is 0 Å². The molecule has 6 heteroatoms. The molecule has 4 bridgehead atoms. The molecule has 7 rings (SSSR count). The van der Waals surface area contributed by atoms with Gasteiger partial charge in [-0.1, -0.05) is 32.4 Å². The van der Waals surface area contributed by atoms with Gasteiger partial charge >= 0.3 is 5.97 Å². The van der Waals surface area contributed by atoms with Gasteiger partial charge in [-0.2, -0.15) is 0 Å². The zero-order chi connectivity index (χ0) is 23.6. The summed E-state index contributed by atoms with van der Waals surface area (Å²) in [4.78, 5) is 32.0. The maximum Gasteiger partial charge on any atom is 0.360 e. The Kier molecular flexibility index (Phi) is 5.36. The molecule has 5 unspecified atom stereocenters. The van der Waals surface area contributed by atoms with Crippen LogP contribution in [0.4, 0.5) is 0 Å². The number of aromatic nitrogens is 2. The predicted molar refractivity (Wildman–Crippen MR) is 132 cm³/mol. The van der Waals surface area contributed by atoms with E-state index in [-0.39, 0.29) is 11.7 Å². The number of piperidine rings is 2. The summed E-state index contributed by atoms with van der Waals surface area (Å²) in [6, 6.07) is 8.48. The van der Waals surface area contributed by atoms with Gasteiger partial charge in [-0.3, -0.25) is 9.69 Å². The van der Waals surface area contributed by atoms with Crippen LogP contribution in [0.5, 0.6) is 0 Å². The van der Waals surface area contributed by atoms with Crippen molar-refractivity contribution in [2.24, 2.45) is 23.2 Å². The summed E-state index contributed by atoms with van der Waals surface area (Å²) in [7, 11) is 0. The molecule has 0 radical (unpaired) electrons. The number of nitrogens with zero attached hydrogens (tertiary/aromatic N) is 3. The Hall–Kier alpha value is -2.21. The molecule has 3 heterocycles. The largest absolute Gasteiger partial charge is 0.476 e. The summed E-state index contributed by atoms with van der Waals surface area (Å²) in [6.45, 7) is 6.15. The first-order chi connectivity index (χ1) is 16.3. The van der Waals surface area contributed by atoms with Crippen molar-refractivity contribution < 1.29 is 9.90 Å². The molecule has 182 valence electrons.